The normalized spacial score (nSPS) is 20.0. The van der Waals surface area contributed by atoms with Crippen molar-refractivity contribution in [3.05, 3.63) is 82.9 Å². The lowest BCUT2D eigenvalue weighted by Gasteiger charge is -2.31. The van der Waals surface area contributed by atoms with E-state index >= 15 is 0 Å². The molecule has 2 atom stereocenters. The third-order valence-electron chi connectivity index (χ3n) is 5.59. The van der Waals surface area contributed by atoms with Crippen LogP contribution >= 0.6 is 0 Å². The van der Waals surface area contributed by atoms with E-state index in [2.05, 4.69) is 0 Å². The molecule has 6 heteroatoms. The number of phenolic OH excluding ortho intramolecular Hbond substituents is 2. The van der Waals surface area contributed by atoms with Gasteiger partial charge < -0.3 is 19.7 Å². The zero-order valence-electron chi connectivity index (χ0n) is 15.9. The fourth-order valence-corrected chi connectivity index (χ4v) is 4.16. The maximum atomic E-state index is 12.9. The van der Waals surface area contributed by atoms with Crippen molar-refractivity contribution >= 4 is 11.8 Å². The number of esters is 1. The lowest BCUT2D eigenvalue weighted by atomic mass is 9.83. The van der Waals surface area contributed by atoms with Gasteiger partial charge in [-0.1, -0.05) is 42.5 Å². The Morgan fingerprint density at radius 2 is 1.57 bits per heavy atom. The minimum Gasteiger partial charge on any atom is -0.508 e. The molecule has 0 amide bonds. The predicted octanol–water partition coefficient (Wildman–Crippen LogP) is 4.25. The number of ether oxygens (including phenoxy) is 2. The molecule has 2 heterocycles. The SMILES string of the molecule is O=C1C[C@@H](c2ccc(O)cc2)c2c(cc3c(c2O)C(=O)C[C@H](c2ccccc2)O3)O1. The van der Waals surface area contributed by atoms with Crippen LogP contribution in [0.1, 0.15) is 51.9 Å². The molecule has 0 aliphatic carbocycles. The number of aromatic hydroxyl groups is 2. The number of carbonyl (C=O) groups is 2. The topological polar surface area (TPSA) is 93.1 Å². The Morgan fingerprint density at radius 3 is 2.30 bits per heavy atom. The van der Waals surface area contributed by atoms with Gasteiger partial charge in [-0.3, -0.25) is 9.59 Å². The first-order valence-corrected chi connectivity index (χ1v) is 9.65. The van der Waals surface area contributed by atoms with Crippen LogP contribution in [0.3, 0.4) is 0 Å². The van der Waals surface area contributed by atoms with E-state index < -0.39 is 18.0 Å². The highest BCUT2D eigenvalue weighted by atomic mass is 16.5. The molecule has 0 saturated heterocycles. The maximum Gasteiger partial charge on any atom is 0.312 e. The van der Waals surface area contributed by atoms with Gasteiger partial charge in [0.15, 0.2) is 5.78 Å². The molecule has 0 saturated carbocycles. The number of rotatable bonds is 2. The number of benzene rings is 3. The van der Waals surface area contributed by atoms with Crippen LogP contribution in [0.4, 0.5) is 0 Å². The minimum absolute atomic E-state index is 0.0197. The Labute approximate surface area is 172 Å². The zero-order valence-corrected chi connectivity index (χ0v) is 15.9. The Hall–Kier alpha value is -3.80. The lowest BCUT2D eigenvalue weighted by Crippen LogP contribution is -2.25. The number of fused-ring (bicyclic) bond motifs is 2. The number of hydrogen-bond acceptors (Lipinski definition) is 6. The monoisotopic (exact) mass is 402 g/mol. The first kappa shape index (κ1) is 18.2. The molecule has 6 nitrogen and oxygen atoms in total. The average molecular weight is 402 g/mol. The standard InChI is InChI=1S/C24H18O6/c25-15-8-6-13(7-9-15)16-10-21(27)30-19-12-20-23(24(28)22(16)19)17(26)11-18(29-20)14-4-2-1-3-5-14/h1-9,12,16,18,25,28H,10-11H2/t16-,18+/m0/s1. The van der Waals surface area contributed by atoms with E-state index in [0.29, 0.717) is 5.56 Å². The molecule has 0 unspecified atom stereocenters. The second-order valence-electron chi connectivity index (χ2n) is 7.48. The molecule has 3 aromatic carbocycles. The van der Waals surface area contributed by atoms with E-state index in [1.165, 1.54) is 18.2 Å². The van der Waals surface area contributed by atoms with E-state index in [1.807, 2.05) is 30.3 Å². The Morgan fingerprint density at radius 1 is 0.833 bits per heavy atom. The fourth-order valence-electron chi connectivity index (χ4n) is 4.16. The maximum absolute atomic E-state index is 12.9. The molecule has 3 aromatic rings. The van der Waals surface area contributed by atoms with E-state index in [4.69, 9.17) is 9.47 Å². The molecule has 0 bridgehead atoms. The van der Waals surface area contributed by atoms with Crippen molar-refractivity contribution < 1.29 is 29.3 Å². The zero-order chi connectivity index (χ0) is 20.8. The fraction of sp³-hybridized carbons (Fsp3) is 0.167. The third-order valence-corrected chi connectivity index (χ3v) is 5.59. The average Bonchev–Trinajstić information content (AvgIpc) is 2.73. The first-order valence-electron chi connectivity index (χ1n) is 9.65. The van der Waals surface area contributed by atoms with Crippen molar-refractivity contribution in [2.45, 2.75) is 24.9 Å². The van der Waals surface area contributed by atoms with Gasteiger partial charge in [-0.05, 0) is 23.3 Å². The van der Waals surface area contributed by atoms with Crippen LogP contribution in [0.25, 0.3) is 0 Å². The van der Waals surface area contributed by atoms with Crippen molar-refractivity contribution in [3.8, 4) is 23.0 Å². The molecular formula is C24H18O6. The van der Waals surface area contributed by atoms with Crippen LogP contribution in [-0.4, -0.2) is 22.0 Å². The summed E-state index contributed by atoms with van der Waals surface area (Å²) >= 11 is 0. The minimum atomic E-state index is -0.494. The quantitative estimate of drug-likeness (QED) is 0.492. The van der Waals surface area contributed by atoms with E-state index in [0.717, 1.165) is 11.1 Å². The summed E-state index contributed by atoms with van der Waals surface area (Å²) in [6, 6.07) is 17.3. The molecule has 2 aliphatic heterocycles. The lowest BCUT2D eigenvalue weighted by molar-refractivity contribution is -0.135. The molecule has 0 aromatic heterocycles. The molecule has 5 rings (SSSR count). The molecule has 150 valence electrons. The number of ketones is 1. The molecule has 0 spiro atoms. The van der Waals surface area contributed by atoms with E-state index in [-0.39, 0.29) is 47.2 Å². The van der Waals surface area contributed by atoms with Crippen molar-refractivity contribution in [1.29, 1.82) is 0 Å². The largest absolute Gasteiger partial charge is 0.508 e. The molecule has 0 fully saturated rings. The Bertz CT molecular complexity index is 1150. The predicted molar refractivity (Wildman–Crippen MR) is 107 cm³/mol. The summed E-state index contributed by atoms with van der Waals surface area (Å²) in [7, 11) is 0. The number of carbonyl (C=O) groups excluding carboxylic acids is 2. The van der Waals surface area contributed by atoms with Crippen molar-refractivity contribution in [3.63, 3.8) is 0 Å². The van der Waals surface area contributed by atoms with Crippen molar-refractivity contribution in [2.75, 3.05) is 0 Å². The van der Waals surface area contributed by atoms with Gasteiger partial charge in [0.2, 0.25) is 0 Å². The second-order valence-corrected chi connectivity index (χ2v) is 7.48. The molecule has 2 N–H and O–H groups in total. The van der Waals surface area contributed by atoms with E-state index in [9.17, 15) is 19.8 Å². The van der Waals surface area contributed by atoms with Gasteiger partial charge in [-0.2, -0.15) is 0 Å². The smallest absolute Gasteiger partial charge is 0.312 e. The summed E-state index contributed by atoms with van der Waals surface area (Å²) in [5, 5.41) is 20.6. The highest BCUT2D eigenvalue weighted by molar-refractivity contribution is 6.03. The molecule has 0 radical (unpaired) electrons. The summed E-state index contributed by atoms with van der Waals surface area (Å²) in [4.78, 5) is 25.2. The van der Waals surface area contributed by atoms with Crippen LogP contribution < -0.4 is 9.47 Å². The van der Waals surface area contributed by atoms with Crippen LogP contribution in [0, 0.1) is 0 Å². The van der Waals surface area contributed by atoms with Crippen molar-refractivity contribution in [1.82, 2.24) is 0 Å². The Kier molecular flexibility index (Phi) is 4.20. The summed E-state index contributed by atoms with van der Waals surface area (Å²) < 4.78 is 11.4. The summed E-state index contributed by atoms with van der Waals surface area (Å²) in [5.74, 6) is -0.898. The highest BCUT2D eigenvalue weighted by Gasteiger charge is 2.38. The third kappa shape index (κ3) is 2.97. The van der Waals surface area contributed by atoms with Crippen molar-refractivity contribution in [2.24, 2.45) is 0 Å². The Balaban J connectivity index is 1.61. The van der Waals surface area contributed by atoms with Gasteiger partial charge in [0, 0.05) is 17.5 Å². The highest BCUT2D eigenvalue weighted by Crippen LogP contribution is 2.51. The van der Waals surface area contributed by atoms with Crippen LogP contribution in [0.5, 0.6) is 23.0 Å². The molecule has 2 aliphatic rings. The van der Waals surface area contributed by atoms with Crippen LogP contribution in [0.15, 0.2) is 60.7 Å². The number of phenols is 2. The molecule has 30 heavy (non-hydrogen) atoms. The van der Waals surface area contributed by atoms with Crippen LogP contribution in [-0.2, 0) is 4.79 Å². The summed E-state index contributed by atoms with van der Waals surface area (Å²) in [6.07, 6.45) is -0.352. The van der Waals surface area contributed by atoms with E-state index in [1.54, 1.807) is 12.1 Å². The summed E-state index contributed by atoms with van der Waals surface area (Å²) in [5.41, 5.74) is 2.08. The molecular weight excluding hydrogens is 384 g/mol. The van der Waals surface area contributed by atoms with Gasteiger partial charge in [-0.15, -0.1) is 0 Å². The van der Waals surface area contributed by atoms with Gasteiger partial charge in [0.05, 0.1) is 12.8 Å². The second kappa shape index (κ2) is 6.91. The first-order chi connectivity index (χ1) is 14.5. The summed E-state index contributed by atoms with van der Waals surface area (Å²) in [6.45, 7) is 0. The number of hydrogen-bond donors (Lipinski definition) is 2. The van der Waals surface area contributed by atoms with Crippen LogP contribution in [0.2, 0.25) is 0 Å². The van der Waals surface area contributed by atoms with Gasteiger partial charge in [0.1, 0.15) is 34.7 Å². The van der Waals surface area contributed by atoms with Gasteiger partial charge in [0.25, 0.3) is 0 Å². The van der Waals surface area contributed by atoms with Gasteiger partial charge in [-0.25, -0.2) is 0 Å². The van der Waals surface area contributed by atoms with Gasteiger partial charge >= 0.3 is 5.97 Å². The number of Topliss-reactive ketones (excluding diaryl/α,β-unsaturated/α-hetero) is 1.